The Balaban J connectivity index is 1.70. The minimum atomic E-state index is -0.619. The minimum Gasteiger partial charge on any atom is -0.352 e. The van der Waals surface area contributed by atoms with Gasteiger partial charge in [-0.1, -0.05) is 56.3 Å². The molecule has 1 amide bonds. The van der Waals surface area contributed by atoms with Crippen molar-refractivity contribution in [3.05, 3.63) is 121 Å². The summed E-state index contributed by atoms with van der Waals surface area (Å²) in [4.78, 5) is 37.6. The third kappa shape index (κ3) is 5.33. The SMILES string of the molecule is CC(C)c1ccc(Cn2c(=O)c(C(=O)NCCc3ccc(F)cc3)cc3c([N+](=O)[O-])cccc32)cc1. The van der Waals surface area contributed by atoms with Crippen molar-refractivity contribution in [1.29, 1.82) is 0 Å². The number of nitrogens with zero attached hydrogens (tertiary/aromatic N) is 2. The van der Waals surface area contributed by atoms with Crippen molar-refractivity contribution in [2.24, 2.45) is 0 Å². The first-order valence-corrected chi connectivity index (χ1v) is 11.7. The third-order valence-electron chi connectivity index (χ3n) is 6.16. The first-order chi connectivity index (χ1) is 17.2. The second kappa shape index (κ2) is 10.5. The van der Waals surface area contributed by atoms with E-state index in [9.17, 15) is 24.1 Å². The average Bonchev–Trinajstić information content (AvgIpc) is 2.86. The van der Waals surface area contributed by atoms with Crippen LogP contribution in [-0.2, 0) is 13.0 Å². The van der Waals surface area contributed by atoms with E-state index in [1.165, 1.54) is 34.9 Å². The van der Waals surface area contributed by atoms with E-state index >= 15 is 0 Å². The fraction of sp³-hybridized carbons (Fsp3) is 0.214. The lowest BCUT2D eigenvalue weighted by molar-refractivity contribution is -0.383. The van der Waals surface area contributed by atoms with Gasteiger partial charge in [0.2, 0.25) is 0 Å². The van der Waals surface area contributed by atoms with Gasteiger partial charge in [-0.05, 0) is 53.3 Å². The van der Waals surface area contributed by atoms with Crippen molar-refractivity contribution in [1.82, 2.24) is 9.88 Å². The topological polar surface area (TPSA) is 94.2 Å². The zero-order chi connectivity index (χ0) is 25.8. The summed E-state index contributed by atoms with van der Waals surface area (Å²) in [5, 5.41) is 14.6. The highest BCUT2D eigenvalue weighted by atomic mass is 19.1. The van der Waals surface area contributed by atoms with Crippen molar-refractivity contribution in [3.63, 3.8) is 0 Å². The molecule has 0 unspecified atom stereocenters. The van der Waals surface area contributed by atoms with Crippen LogP contribution in [0.25, 0.3) is 10.9 Å². The largest absolute Gasteiger partial charge is 0.352 e. The Morgan fingerprint density at radius 2 is 1.69 bits per heavy atom. The number of amides is 1. The van der Waals surface area contributed by atoms with Crippen LogP contribution in [0.15, 0.2) is 77.6 Å². The van der Waals surface area contributed by atoms with E-state index in [-0.39, 0.29) is 35.5 Å². The minimum absolute atomic E-state index is 0.158. The second-order valence-electron chi connectivity index (χ2n) is 8.95. The lowest BCUT2D eigenvalue weighted by Crippen LogP contribution is -2.34. The van der Waals surface area contributed by atoms with Gasteiger partial charge in [-0.25, -0.2) is 4.39 Å². The number of carbonyl (C=O) groups is 1. The Bertz CT molecular complexity index is 1480. The Hall–Kier alpha value is -4.33. The molecule has 7 nitrogen and oxygen atoms in total. The summed E-state index contributed by atoms with van der Waals surface area (Å²) < 4.78 is 14.5. The maximum atomic E-state index is 13.4. The molecule has 36 heavy (non-hydrogen) atoms. The van der Waals surface area contributed by atoms with Gasteiger partial charge in [0.15, 0.2) is 0 Å². The van der Waals surface area contributed by atoms with Gasteiger partial charge in [-0.3, -0.25) is 19.7 Å². The van der Waals surface area contributed by atoms with E-state index in [1.807, 2.05) is 24.3 Å². The highest BCUT2D eigenvalue weighted by Crippen LogP contribution is 2.26. The van der Waals surface area contributed by atoms with Gasteiger partial charge in [0, 0.05) is 12.6 Å². The molecule has 0 saturated carbocycles. The number of halogens is 1. The third-order valence-corrected chi connectivity index (χ3v) is 6.16. The summed E-state index contributed by atoms with van der Waals surface area (Å²) in [6.45, 7) is 4.55. The van der Waals surface area contributed by atoms with Crippen molar-refractivity contribution >= 4 is 22.5 Å². The smallest absolute Gasteiger partial charge is 0.278 e. The Morgan fingerprint density at radius 1 is 1.03 bits per heavy atom. The lowest BCUT2D eigenvalue weighted by Gasteiger charge is -2.14. The predicted molar refractivity (Wildman–Crippen MR) is 137 cm³/mol. The van der Waals surface area contributed by atoms with Gasteiger partial charge in [0.1, 0.15) is 11.4 Å². The van der Waals surface area contributed by atoms with Gasteiger partial charge in [0.05, 0.1) is 22.4 Å². The van der Waals surface area contributed by atoms with Crippen molar-refractivity contribution in [2.45, 2.75) is 32.7 Å². The molecule has 0 spiro atoms. The van der Waals surface area contributed by atoms with Crippen LogP contribution in [0.1, 0.15) is 46.8 Å². The van der Waals surface area contributed by atoms with Gasteiger partial charge in [0.25, 0.3) is 17.2 Å². The molecule has 1 heterocycles. The molecule has 184 valence electrons. The molecular weight excluding hydrogens is 461 g/mol. The Morgan fingerprint density at radius 3 is 2.33 bits per heavy atom. The average molecular weight is 488 g/mol. The molecule has 0 bridgehead atoms. The van der Waals surface area contributed by atoms with Gasteiger partial charge < -0.3 is 9.88 Å². The van der Waals surface area contributed by atoms with Crippen LogP contribution in [0.3, 0.4) is 0 Å². The van der Waals surface area contributed by atoms with E-state index in [1.54, 1.807) is 18.2 Å². The van der Waals surface area contributed by atoms with Crippen LogP contribution in [0.4, 0.5) is 10.1 Å². The van der Waals surface area contributed by atoms with Gasteiger partial charge in [-0.2, -0.15) is 0 Å². The molecule has 1 aromatic heterocycles. The number of rotatable bonds is 8. The molecule has 3 aromatic carbocycles. The number of nitro groups is 1. The highest BCUT2D eigenvalue weighted by molar-refractivity contribution is 5.99. The molecule has 0 fully saturated rings. The highest BCUT2D eigenvalue weighted by Gasteiger charge is 2.21. The number of pyridine rings is 1. The summed E-state index contributed by atoms with van der Waals surface area (Å²) in [5.41, 5.74) is 2.31. The van der Waals surface area contributed by atoms with Crippen LogP contribution >= 0.6 is 0 Å². The number of non-ortho nitro benzene ring substituents is 1. The number of nitrogens with one attached hydrogen (secondary N) is 1. The van der Waals surface area contributed by atoms with Crippen molar-refractivity contribution in [2.75, 3.05) is 6.54 Å². The summed E-state index contributed by atoms with van der Waals surface area (Å²) in [7, 11) is 0. The molecule has 0 aliphatic rings. The monoisotopic (exact) mass is 487 g/mol. The van der Waals surface area contributed by atoms with Gasteiger partial charge >= 0.3 is 0 Å². The first kappa shape index (κ1) is 24.8. The van der Waals surface area contributed by atoms with Crippen molar-refractivity contribution < 1.29 is 14.1 Å². The summed E-state index contributed by atoms with van der Waals surface area (Å²) in [6, 6.07) is 19.5. The summed E-state index contributed by atoms with van der Waals surface area (Å²) >= 11 is 0. The molecule has 0 atom stereocenters. The maximum absolute atomic E-state index is 13.4. The molecular formula is C28H26FN3O4. The number of aromatic nitrogens is 1. The normalized spacial score (nSPS) is 11.1. The lowest BCUT2D eigenvalue weighted by atomic mass is 10.0. The quantitative estimate of drug-likeness (QED) is 0.273. The maximum Gasteiger partial charge on any atom is 0.278 e. The molecule has 0 radical (unpaired) electrons. The zero-order valence-corrected chi connectivity index (χ0v) is 20.0. The molecule has 0 aliphatic carbocycles. The van der Waals surface area contributed by atoms with Crippen LogP contribution in [0, 0.1) is 15.9 Å². The molecule has 1 N–H and O–H groups in total. The number of carbonyl (C=O) groups excluding carboxylic acids is 1. The summed E-state index contributed by atoms with van der Waals surface area (Å²) in [5.74, 6) is -0.613. The zero-order valence-electron chi connectivity index (χ0n) is 20.0. The van der Waals surface area contributed by atoms with Crippen molar-refractivity contribution in [3.8, 4) is 0 Å². The number of hydrogen-bond acceptors (Lipinski definition) is 4. The van der Waals surface area contributed by atoms with Crippen LogP contribution in [0.2, 0.25) is 0 Å². The molecule has 0 saturated heterocycles. The first-order valence-electron chi connectivity index (χ1n) is 11.7. The van der Waals surface area contributed by atoms with E-state index in [0.29, 0.717) is 17.9 Å². The van der Waals surface area contributed by atoms with Gasteiger partial charge in [-0.15, -0.1) is 0 Å². The fourth-order valence-electron chi connectivity index (χ4n) is 4.12. The van der Waals surface area contributed by atoms with E-state index in [4.69, 9.17) is 0 Å². The van der Waals surface area contributed by atoms with E-state index < -0.39 is 16.4 Å². The Labute approximate surface area is 207 Å². The van der Waals surface area contributed by atoms with E-state index in [2.05, 4.69) is 19.2 Å². The van der Waals surface area contributed by atoms with Crippen LogP contribution in [-0.4, -0.2) is 21.9 Å². The van der Waals surface area contributed by atoms with Crippen LogP contribution in [0.5, 0.6) is 0 Å². The Kier molecular flexibility index (Phi) is 7.24. The van der Waals surface area contributed by atoms with E-state index in [0.717, 1.165) is 16.7 Å². The summed E-state index contributed by atoms with van der Waals surface area (Å²) in [6.07, 6.45) is 0.441. The number of hydrogen-bond donors (Lipinski definition) is 1. The predicted octanol–water partition coefficient (Wildman–Crippen LogP) is 5.19. The standard InChI is InChI=1S/C28H26FN3O4/c1-18(2)21-10-6-20(7-11-21)17-31-25-4-3-5-26(32(35)36)23(25)16-24(28(31)34)27(33)30-15-14-19-8-12-22(29)13-9-19/h3-13,16,18H,14-15,17H2,1-2H3,(H,30,33). The molecule has 8 heteroatoms. The molecule has 4 rings (SSSR count). The number of nitro benzene ring substituents is 1. The van der Waals surface area contributed by atoms with Crippen LogP contribution < -0.4 is 10.9 Å². The second-order valence-corrected chi connectivity index (χ2v) is 8.95. The molecule has 4 aromatic rings. The molecule has 0 aliphatic heterocycles. The number of benzene rings is 3. The fourth-order valence-corrected chi connectivity index (χ4v) is 4.12. The number of fused-ring (bicyclic) bond motifs is 1.